The van der Waals surface area contributed by atoms with Gasteiger partial charge in [0.1, 0.15) is 11.3 Å². The van der Waals surface area contributed by atoms with Crippen LogP contribution in [-0.4, -0.2) is 29.2 Å². The molecule has 0 saturated heterocycles. The lowest BCUT2D eigenvalue weighted by molar-refractivity contribution is -0.0519. The molecule has 0 atom stereocenters. The van der Waals surface area contributed by atoms with Crippen LogP contribution in [0, 0.1) is 0 Å². The second-order valence-corrected chi connectivity index (χ2v) is 4.71. The van der Waals surface area contributed by atoms with Crippen LogP contribution in [0.1, 0.15) is 28.5 Å². The Morgan fingerprint density at radius 1 is 1.29 bits per heavy atom. The molecule has 0 radical (unpaired) electrons. The Morgan fingerprint density at radius 3 is 2.71 bits per heavy atom. The third-order valence-electron chi connectivity index (χ3n) is 3.08. The third-order valence-corrected chi connectivity index (χ3v) is 3.08. The zero-order valence-corrected chi connectivity index (χ0v) is 13.0. The number of hydrogen-bond acceptors (Lipinski definition) is 5. The summed E-state index contributed by atoms with van der Waals surface area (Å²) in [5, 5.41) is 0. The van der Waals surface area contributed by atoms with Gasteiger partial charge in [-0.2, -0.15) is 8.78 Å². The maximum absolute atomic E-state index is 14.2. The van der Waals surface area contributed by atoms with E-state index in [1.54, 1.807) is 6.92 Å². The predicted molar refractivity (Wildman–Crippen MR) is 83.9 cm³/mol. The molecule has 2 aromatic rings. The van der Waals surface area contributed by atoms with E-state index in [1.165, 1.54) is 42.7 Å². The highest BCUT2D eigenvalue weighted by atomic mass is 19.3. The minimum Gasteiger partial charge on any atom is -0.470 e. The third kappa shape index (κ3) is 3.92. The van der Waals surface area contributed by atoms with E-state index >= 15 is 0 Å². The molecule has 5 nitrogen and oxygen atoms in total. The summed E-state index contributed by atoms with van der Waals surface area (Å²) < 4.78 is 38.3. The smallest absolute Gasteiger partial charge is 0.344 e. The van der Waals surface area contributed by atoms with Gasteiger partial charge < -0.3 is 9.47 Å². The van der Waals surface area contributed by atoms with Crippen LogP contribution in [-0.2, 0) is 10.7 Å². The number of nitrogens with zero attached hydrogens (tertiary/aromatic N) is 2. The average Bonchev–Trinajstić information content (AvgIpc) is 2.60. The SMILES string of the molecule is C=Cc1ccnc(OCC(F)(F)c2ccccn2)c1C(=O)OCC. The maximum Gasteiger partial charge on any atom is 0.344 e. The number of rotatable bonds is 7. The summed E-state index contributed by atoms with van der Waals surface area (Å²) in [7, 11) is 0. The summed E-state index contributed by atoms with van der Waals surface area (Å²) in [4.78, 5) is 19.5. The number of alkyl halides is 2. The van der Waals surface area contributed by atoms with E-state index in [0.29, 0.717) is 5.56 Å². The number of carbonyl (C=O) groups excluding carboxylic acids is 1. The summed E-state index contributed by atoms with van der Waals surface area (Å²) >= 11 is 0. The quantitative estimate of drug-likeness (QED) is 0.726. The lowest BCUT2D eigenvalue weighted by Crippen LogP contribution is -2.25. The van der Waals surface area contributed by atoms with Crippen molar-refractivity contribution in [3.05, 3.63) is 60.1 Å². The minimum atomic E-state index is -3.33. The zero-order valence-electron chi connectivity index (χ0n) is 13.0. The Kier molecular flexibility index (Phi) is 5.57. The molecular formula is C17H16F2N2O3. The van der Waals surface area contributed by atoms with E-state index in [2.05, 4.69) is 16.5 Å². The van der Waals surface area contributed by atoms with Gasteiger partial charge in [0.15, 0.2) is 6.61 Å². The summed E-state index contributed by atoms with van der Waals surface area (Å²) in [5.74, 6) is -4.28. The summed E-state index contributed by atoms with van der Waals surface area (Å²) in [6, 6.07) is 5.71. The van der Waals surface area contributed by atoms with Gasteiger partial charge in [-0.25, -0.2) is 9.78 Å². The number of halogens is 2. The molecule has 0 amide bonds. The van der Waals surface area contributed by atoms with Gasteiger partial charge in [0.2, 0.25) is 5.88 Å². The number of pyridine rings is 2. The average molecular weight is 334 g/mol. The Balaban J connectivity index is 2.26. The van der Waals surface area contributed by atoms with Crippen molar-refractivity contribution in [1.82, 2.24) is 9.97 Å². The van der Waals surface area contributed by atoms with Gasteiger partial charge in [-0.1, -0.05) is 18.7 Å². The summed E-state index contributed by atoms with van der Waals surface area (Å²) in [6.07, 6.45) is 4.01. The molecule has 0 aliphatic rings. The van der Waals surface area contributed by atoms with Gasteiger partial charge in [0, 0.05) is 12.4 Å². The predicted octanol–water partition coefficient (Wildman–Crippen LogP) is 3.47. The first-order chi connectivity index (χ1) is 11.5. The van der Waals surface area contributed by atoms with Crippen molar-refractivity contribution in [1.29, 1.82) is 0 Å². The molecular weight excluding hydrogens is 318 g/mol. The van der Waals surface area contributed by atoms with Gasteiger partial charge in [-0.3, -0.25) is 4.98 Å². The normalized spacial score (nSPS) is 11.0. The second kappa shape index (κ2) is 7.63. The molecule has 0 aliphatic carbocycles. The van der Waals surface area contributed by atoms with E-state index < -0.39 is 24.2 Å². The molecule has 0 spiro atoms. The van der Waals surface area contributed by atoms with Crippen molar-refractivity contribution in [2.24, 2.45) is 0 Å². The summed E-state index contributed by atoms with van der Waals surface area (Å²) in [6.45, 7) is 4.34. The molecule has 24 heavy (non-hydrogen) atoms. The molecule has 7 heteroatoms. The van der Waals surface area contributed by atoms with Crippen LogP contribution >= 0.6 is 0 Å². The highest BCUT2D eigenvalue weighted by Gasteiger charge is 2.35. The Morgan fingerprint density at radius 2 is 2.08 bits per heavy atom. The molecule has 0 aromatic carbocycles. The molecule has 2 aromatic heterocycles. The van der Waals surface area contributed by atoms with E-state index in [0.717, 1.165) is 0 Å². The van der Waals surface area contributed by atoms with Gasteiger partial charge in [-0.15, -0.1) is 0 Å². The minimum absolute atomic E-state index is 0.0360. The van der Waals surface area contributed by atoms with Gasteiger partial charge in [0.25, 0.3) is 0 Å². The van der Waals surface area contributed by atoms with Crippen molar-refractivity contribution < 1.29 is 23.0 Å². The fraction of sp³-hybridized carbons (Fsp3) is 0.235. The highest BCUT2D eigenvalue weighted by molar-refractivity contribution is 5.95. The number of hydrogen-bond donors (Lipinski definition) is 0. The van der Waals surface area contributed by atoms with Crippen molar-refractivity contribution in [2.45, 2.75) is 12.8 Å². The topological polar surface area (TPSA) is 61.3 Å². The van der Waals surface area contributed by atoms with Crippen LogP contribution in [0.25, 0.3) is 6.08 Å². The van der Waals surface area contributed by atoms with Crippen LogP contribution < -0.4 is 4.74 Å². The highest BCUT2D eigenvalue weighted by Crippen LogP contribution is 2.29. The van der Waals surface area contributed by atoms with Gasteiger partial charge >= 0.3 is 11.9 Å². The fourth-order valence-electron chi connectivity index (χ4n) is 1.96. The van der Waals surface area contributed by atoms with Crippen LogP contribution in [0.15, 0.2) is 43.2 Å². The molecule has 0 bridgehead atoms. The lowest BCUT2D eigenvalue weighted by Gasteiger charge is -2.17. The Labute approximate surface area is 138 Å². The number of ether oxygens (including phenoxy) is 2. The van der Waals surface area contributed by atoms with E-state index in [1.807, 2.05) is 0 Å². The van der Waals surface area contributed by atoms with E-state index in [-0.39, 0.29) is 18.1 Å². The van der Waals surface area contributed by atoms with Crippen molar-refractivity contribution in [3.63, 3.8) is 0 Å². The first kappa shape index (κ1) is 17.5. The van der Waals surface area contributed by atoms with Crippen LogP contribution in [0.5, 0.6) is 5.88 Å². The number of aromatic nitrogens is 2. The van der Waals surface area contributed by atoms with Gasteiger partial charge in [0.05, 0.1) is 6.61 Å². The first-order valence-electron chi connectivity index (χ1n) is 7.20. The Hall–Kier alpha value is -2.83. The molecule has 0 N–H and O–H groups in total. The summed E-state index contributed by atoms with van der Waals surface area (Å²) in [5.41, 5.74) is -0.0756. The molecule has 0 fully saturated rings. The zero-order chi connectivity index (χ0) is 17.6. The maximum atomic E-state index is 14.2. The standard InChI is InChI=1S/C17H16F2N2O3/c1-3-12-8-10-21-15(14(12)16(22)23-4-2)24-11-17(18,19)13-7-5-6-9-20-13/h3,5-10H,1,4,11H2,2H3. The monoisotopic (exact) mass is 334 g/mol. The van der Waals surface area contributed by atoms with Crippen molar-refractivity contribution in [3.8, 4) is 5.88 Å². The second-order valence-electron chi connectivity index (χ2n) is 4.71. The van der Waals surface area contributed by atoms with E-state index in [9.17, 15) is 13.6 Å². The van der Waals surface area contributed by atoms with Crippen LogP contribution in [0.3, 0.4) is 0 Å². The molecule has 0 aliphatic heterocycles. The molecule has 2 heterocycles. The first-order valence-corrected chi connectivity index (χ1v) is 7.20. The lowest BCUT2D eigenvalue weighted by atomic mass is 10.1. The molecule has 0 saturated carbocycles. The van der Waals surface area contributed by atoms with Gasteiger partial charge in [-0.05, 0) is 30.7 Å². The molecule has 2 rings (SSSR count). The Bertz CT molecular complexity index is 721. The van der Waals surface area contributed by atoms with Crippen molar-refractivity contribution >= 4 is 12.0 Å². The number of esters is 1. The molecule has 126 valence electrons. The van der Waals surface area contributed by atoms with Crippen LogP contribution in [0.2, 0.25) is 0 Å². The van der Waals surface area contributed by atoms with Crippen molar-refractivity contribution in [2.75, 3.05) is 13.2 Å². The molecule has 0 unspecified atom stereocenters. The fourth-order valence-corrected chi connectivity index (χ4v) is 1.96. The van der Waals surface area contributed by atoms with E-state index in [4.69, 9.17) is 9.47 Å². The van der Waals surface area contributed by atoms with Crippen LogP contribution in [0.4, 0.5) is 8.78 Å². The number of carbonyl (C=O) groups is 1. The largest absolute Gasteiger partial charge is 0.470 e.